The topological polar surface area (TPSA) is 57.8 Å². The molecule has 4 nitrogen and oxygen atoms in total. The summed E-state index contributed by atoms with van der Waals surface area (Å²) < 4.78 is 0. The van der Waals surface area contributed by atoms with Crippen LogP contribution in [0.1, 0.15) is 23.7 Å². The van der Waals surface area contributed by atoms with Gasteiger partial charge in [0.1, 0.15) is 5.01 Å². The third kappa shape index (κ3) is 2.74. The zero-order valence-electron chi connectivity index (χ0n) is 8.19. The molecule has 0 bridgehead atoms. The first-order chi connectivity index (χ1) is 7.25. The van der Waals surface area contributed by atoms with Crippen LogP contribution in [0, 0.1) is 0 Å². The van der Waals surface area contributed by atoms with E-state index in [-0.39, 0.29) is 10.9 Å². The van der Waals surface area contributed by atoms with Gasteiger partial charge in [0.25, 0.3) is 0 Å². The summed E-state index contributed by atoms with van der Waals surface area (Å²) in [6.07, 6.45) is 1.80. The predicted molar refractivity (Wildman–Crippen MR) is 62.3 cm³/mol. The Morgan fingerprint density at radius 3 is 3.07 bits per heavy atom. The van der Waals surface area contributed by atoms with Crippen LogP contribution in [-0.4, -0.2) is 9.97 Å². The lowest BCUT2D eigenvalue weighted by Gasteiger charge is -2.09. The number of rotatable bonds is 4. The molecule has 80 valence electrons. The van der Waals surface area contributed by atoms with Crippen LogP contribution >= 0.6 is 22.7 Å². The van der Waals surface area contributed by atoms with Gasteiger partial charge in [0, 0.05) is 29.2 Å². The van der Waals surface area contributed by atoms with Gasteiger partial charge in [-0.1, -0.05) is 11.3 Å². The van der Waals surface area contributed by atoms with Crippen LogP contribution in [-0.2, 0) is 6.54 Å². The van der Waals surface area contributed by atoms with E-state index < -0.39 is 0 Å². The number of thiazole rings is 2. The zero-order chi connectivity index (χ0) is 10.7. The fourth-order valence-electron chi connectivity index (χ4n) is 1.20. The predicted octanol–water partition coefficient (Wildman–Crippen LogP) is 1.74. The highest BCUT2D eigenvalue weighted by Crippen LogP contribution is 2.14. The Kier molecular flexibility index (Phi) is 3.30. The van der Waals surface area contributed by atoms with Crippen molar-refractivity contribution in [3.05, 3.63) is 37.3 Å². The molecule has 0 aliphatic rings. The molecule has 6 heteroatoms. The lowest BCUT2D eigenvalue weighted by Crippen LogP contribution is -2.18. The van der Waals surface area contributed by atoms with Crippen molar-refractivity contribution in [2.24, 2.45) is 0 Å². The maximum Gasteiger partial charge on any atom is 0.304 e. The molecule has 0 radical (unpaired) electrons. The number of hydrogen-bond donors (Lipinski definition) is 2. The Morgan fingerprint density at radius 1 is 1.60 bits per heavy atom. The summed E-state index contributed by atoms with van der Waals surface area (Å²) in [7, 11) is 0. The second-order valence-electron chi connectivity index (χ2n) is 3.15. The van der Waals surface area contributed by atoms with Crippen molar-refractivity contribution in [3.63, 3.8) is 0 Å². The molecular formula is C9H11N3OS2. The Balaban J connectivity index is 1.91. The summed E-state index contributed by atoms with van der Waals surface area (Å²) in [6, 6.07) is 0.216. The molecule has 0 spiro atoms. The highest BCUT2D eigenvalue weighted by Gasteiger charge is 2.07. The van der Waals surface area contributed by atoms with Crippen LogP contribution in [0.2, 0.25) is 0 Å². The van der Waals surface area contributed by atoms with Gasteiger partial charge in [0.2, 0.25) is 0 Å². The second-order valence-corrected chi connectivity index (χ2v) is 4.91. The van der Waals surface area contributed by atoms with E-state index >= 15 is 0 Å². The van der Waals surface area contributed by atoms with Crippen LogP contribution < -0.4 is 10.2 Å². The number of aromatic nitrogens is 2. The van der Waals surface area contributed by atoms with E-state index in [0.29, 0.717) is 6.54 Å². The number of hydrogen-bond acceptors (Lipinski definition) is 5. The maximum absolute atomic E-state index is 10.9. The van der Waals surface area contributed by atoms with Gasteiger partial charge in [-0.2, -0.15) is 0 Å². The first-order valence-electron chi connectivity index (χ1n) is 4.55. The lowest BCUT2D eigenvalue weighted by atomic mass is 10.3. The van der Waals surface area contributed by atoms with E-state index in [1.807, 2.05) is 10.8 Å². The fraction of sp³-hybridized carbons (Fsp3) is 0.333. The highest BCUT2D eigenvalue weighted by atomic mass is 32.1. The quantitative estimate of drug-likeness (QED) is 0.857. The molecule has 0 aliphatic heterocycles. The molecule has 1 unspecified atom stereocenters. The monoisotopic (exact) mass is 241 g/mol. The van der Waals surface area contributed by atoms with Crippen LogP contribution in [0.15, 0.2) is 21.8 Å². The SMILES string of the molecule is CC(NCc1csc(=O)[nH]1)c1nccs1. The van der Waals surface area contributed by atoms with Gasteiger partial charge in [-0.3, -0.25) is 4.79 Å². The van der Waals surface area contributed by atoms with Crippen molar-refractivity contribution in [2.75, 3.05) is 0 Å². The zero-order valence-corrected chi connectivity index (χ0v) is 9.82. The second kappa shape index (κ2) is 4.69. The Hall–Kier alpha value is -0.980. The number of H-pyrrole nitrogens is 1. The van der Waals surface area contributed by atoms with E-state index in [4.69, 9.17) is 0 Å². The van der Waals surface area contributed by atoms with E-state index in [9.17, 15) is 4.79 Å². The first-order valence-corrected chi connectivity index (χ1v) is 6.31. The van der Waals surface area contributed by atoms with E-state index in [1.165, 1.54) is 11.3 Å². The van der Waals surface area contributed by atoms with Crippen molar-refractivity contribution in [3.8, 4) is 0 Å². The standard InChI is InChI=1S/C9H11N3OS2/c1-6(8-10-2-3-14-8)11-4-7-5-15-9(13)12-7/h2-3,5-6,11H,4H2,1H3,(H,12,13). The summed E-state index contributed by atoms with van der Waals surface area (Å²) in [5.41, 5.74) is 0.924. The van der Waals surface area contributed by atoms with Gasteiger partial charge >= 0.3 is 4.87 Å². The molecule has 15 heavy (non-hydrogen) atoms. The molecule has 0 aliphatic carbocycles. The average molecular weight is 241 g/mol. The Labute approximate surface area is 95.0 Å². The van der Waals surface area contributed by atoms with Crippen molar-refractivity contribution in [2.45, 2.75) is 19.5 Å². The number of aromatic amines is 1. The molecule has 2 aromatic rings. The smallest absolute Gasteiger partial charge is 0.304 e. The average Bonchev–Trinajstić information content (AvgIpc) is 2.84. The molecule has 0 amide bonds. The van der Waals surface area contributed by atoms with Crippen molar-refractivity contribution >= 4 is 22.7 Å². The van der Waals surface area contributed by atoms with E-state index in [2.05, 4.69) is 22.2 Å². The van der Waals surface area contributed by atoms with Crippen molar-refractivity contribution < 1.29 is 0 Å². The molecule has 0 saturated carbocycles. The van der Waals surface area contributed by atoms with Crippen molar-refractivity contribution in [1.82, 2.24) is 15.3 Å². The summed E-state index contributed by atoms with van der Waals surface area (Å²) in [6.45, 7) is 2.72. The Morgan fingerprint density at radius 2 is 2.47 bits per heavy atom. The highest BCUT2D eigenvalue weighted by molar-refractivity contribution is 7.09. The molecule has 0 fully saturated rings. The third-order valence-corrected chi connectivity index (χ3v) is 3.67. The minimum Gasteiger partial charge on any atom is -0.315 e. The molecule has 1 atom stereocenters. The van der Waals surface area contributed by atoms with Crippen LogP contribution in [0.4, 0.5) is 0 Å². The normalized spacial score (nSPS) is 12.9. The minimum absolute atomic E-state index is 0.00583. The summed E-state index contributed by atoms with van der Waals surface area (Å²) in [5.74, 6) is 0. The minimum atomic E-state index is -0.00583. The van der Waals surface area contributed by atoms with Crippen LogP contribution in [0.3, 0.4) is 0 Å². The largest absolute Gasteiger partial charge is 0.315 e. The van der Waals surface area contributed by atoms with E-state index in [1.54, 1.807) is 17.5 Å². The summed E-state index contributed by atoms with van der Waals surface area (Å²) >= 11 is 2.82. The molecule has 2 rings (SSSR count). The lowest BCUT2D eigenvalue weighted by molar-refractivity contribution is 0.566. The van der Waals surface area contributed by atoms with Gasteiger partial charge in [-0.05, 0) is 6.92 Å². The first kappa shape index (κ1) is 10.5. The van der Waals surface area contributed by atoms with Gasteiger partial charge in [0.05, 0.1) is 6.04 Å². The van der Waals surface area contributed by atoms with Crippen molar-refractivity contribution in [1.29, 1.82) is 0 Å². The number of nitrogens with zero attached hydrogens (tertiary/aromatic N) is 1. The molecule has 2 aromatic heterocycles. The summed E-state index contributed by atoms with van der Waals surface area (Å²) in [4.78, 5) is 17.9. The fourth-order valence-corrected chi connectivity index (χ4v) is 2.45. The van der Waals surface area contributed by atoms with E-state index in [0.717, 1.165) is 10.7 Å². The molecule has 0 saturated heterocycles. The summed E-state index contributed by atoms with van der Waals surface area (Å²) in [5, 5.41) is 8.16. The maximum atomic E-state index is 10.9. The van der Waals surface area contributed by atoms with Gasteiger partial charge < -0.3 is 10.3 Å². The Bertz CT molecular complexity index is 460. The molecule has 2 N–H and O–H groups in total. The van der Waals surface area contributed by atoms with Crippen LogP contribution in [0.25, 0.3) is 0 Å². The third-order valence-electron chi connectivity index (χ3n) is 1.99. The molecule has 2 heterocycles. The van der Waals surface area contributed by atoms with Gasteiger partial charge in [-0.15, -0.1) is 11.3 Å². The molecular weight excluding hydrogens is 230 g/mol. The van der Waals surface area contributed by atoms with Crippen LogP contribution in [0.5, 0.6) is 0 Å². The van der Waals surface area contributed by atoms with Gasteiger partial charge in [0.15, 0.2) is 0 Å². The van der Waals surface area contributed by atoms with Gasteiger partial charge in [-0.25, -0.2) is 4.98 Å². The number of nitrogens with one attached hydrogen (secondary N) is 2. The molecule has 0 aromatic carbocycles.